The van der Waals surface area contributed by atoms with E-state index in [2.05, 4.69) is 11.4 Å². The molecule has 3 aliphatic heterocycles. The molecule has 0 radical (unpaired) electrons. The third-order valence-electron chi connectivity index (χ3n) is 7.52. The fraction of sp³-hybridized carbons (Fsp3) is 0.407. The molecular weight excluding hydrogens is 428 g/mol. The second-order valence-corrected chi connectivity index (χ2v) is 10.0. The van der Waals surface area contributed by atoms with Crippen molar-refractivity contribution in [1.82, 2.24) is 9.80 Å². The van der Waals surface area contributed by atoms with Crippen LogP contribution in [0.1, 0.15) is 61.1 Å². The highest BCUT2D eigenvalue weighted by Gasteiger charge is 2.57. The largest absolute Gasteiger partial charge is 0.325 e. The Hall–Kier alpha value is -3.66. The summed E-state index contributed by atoms with van der Waals surface area (Å²) in [6.07, 6.45) is 0.726. The van der Waals surface area contributed by atoms with Crippen molar-refractivity contribution in [2.45, 2.75) is 57.2 Å². The number of para-hydroxylation sites is 1. The van der Waals surface area contributed by atoms with Crippen molar-refractivity contribution >= 4 is 23.4 Å². The van der Waals surface area contributed by atoms with E-state index in [9.17, 15) is 19.6 Å². The number of fused-ring (bicyclic) bond motifs is 3. The highest BCUT2D eigenvalue weighted by atomic mass is 16.2. The topological polar surface area (TPSA) is 93.5 Å². The molecule has 4 atom stereocenters. The van der Waals surface area contributed by atoms with E-state index in [1.54, 1.807) is 11.0 Å². The highest BCUT2D eigenvalue weighted by Crippen LogP contribution is 2.47. The fourth-order valence-corrected chi connectivity index (χ4v) is 5.89. The van der Waals surface area contributed by atoms with Crippen LogP contribution in [-0.2, 0) is 15.0 Å². The minimum atomic E-state index is -0.946. The van der Waals surface area contributed by atoms with Crippen LogP contribution < -0.4 is 5.32 Å². The molecule has 174 valence electrons. The number of nitrogens with zero attached hydrogens (tertiary/aromatic N) is 3. The first kappa shape index (κ1) is 22.1. The summed E-state index contributed by atoms with van der Waals surface area (Å²) in [6, 6.07) is 15.5. The van der Waals surface area contributed by atoms with Crippen LogP contribution in [0.15, 0.2) is 48.5 Å². The summed E-state index contributed by atoms with van der Waals surface area (Å²) in [6.45, 7) is 6.11. The molecule has 0 bridgehead atoms. The van der Waals surface area contributed by atoms with Crippen LogP contribution in [0, 0.1) is 17.2 Å². The van der Waals surface area contributed by atoms with Gasteiger partial charge in [0.25, 0.3) is 5.91 Å². The van der Waals surface area contributed by atoms with Crippen LogP contribution in [-0.4, -0.2) is 46.1 Å². The van der Waals surface area contributed by atoms with E-state index in [1.807, 2.05) is 63.2 Å². The third kappa shape index (κ3) is 3.12. The lowest BCUT2D eigenvalue weighted by Gasteiger charge is -2.35. The smallest absolute Gasteiger partial charge is 0.255 e. The summed E-state index contributed by atoms with van der Waals surface area (Å²) in [5.41, 5.74) is 2.15. The summed E-state index contributed by atoms with van der Waals surface area (Å²) in [5.74, 6) is -0.441. The van der Waals surface area contributed by atoms with Gasteiger partial charge in [-0.2, -0.15) is 5.26 Å². The van der Waals surface area contributed by atoms with Gasteiger partial charge in [0.15, 0.2) is 0 Å². The molecule has 2 aromatic carbocycles. The lowest BCUT2D eigenvalue weighted by atomic mass is 9.80. The first-order valence-electron chi connectivity index (χ1n) is 11.8. The van der Waals surface area contributed by atoms with E-state index in [4.69, 9.17) is 0 Å². The SMILES string of the molecule is CC(C)C[C@@H](C(=O)N1C[C@]2(CC1C#N)C(=O)Nc1ccccc12)N1C(=O)c2ccccc2[C@@H]1C. The van der Waals surface area contributed by atoms with Gasteiger partial charge in [-0.05, 0) is 42.5 Å². The zero-order valence-electron chi connectivity index (χ0n) is 19.6. The normalized spacial score (nSPS) is 26.0. The van der Waals surface area contributed by atoms with Crippen LogP contribution >= 0.6 is 0 Å². The summed E-state index contributed by atoms with van der Waals surface area (Å²) in [4.78, 5) is 43.8. The molecule has 3 aliphatic rings. The number of carbonyl (C=O) groups excluding carboxylic acids is 3. The standard InChI is InChI=1S/C27H28N4O3/c1-16(2)12-23(31-17(3)19-8-4-5-9-20(19)24(31)32)25(33)30-15-27(13-18(30)14-28)21-10-6-7-11-22(21)29-26(27)34/h4-11,16-18,23H,12-13,15H2,1-3H3,(H,29,34)/t17-,18?,23-,27-/m0/s1. The molecule has 0 aliphatic carbocycles. The number of rotatable bonds is 4. The Balaban J connectivity index is 1.51. The molecule has 1 spiro atoms. The zero-order valence-corrected chi connectivity index (χ0v) is 19.6. The molecule has 7 nitrogen and oxygen atoms in total. The van der Waals surface area contributed by atoms with Crippen LogP contribution in [0.5, 0.6) is 0 Å². The van der Waals surface area contributed by atoms with Gasteiger partial charge in [0.1, 0.15) is 12.1 Å². The number of benzene rings is 2. The van der Waals surface area contributed by atoms with Gasteiger partial charge in [-0.25, -0.2) is 0 Å². The van der Waals surface area contributed by atoms with E-state index >= 15 is 0 Å². The van der Waals surface area contributed by atoms with E-state index in [0.717, 1.165) is 16.8 Å². The maximum atomic E-state index is 14.1. The quantitative estimate of drug-likeness (QED) is 0.760. The molecular formula is C27H28N4O3. The molecule has 3 heterocycles. The summed E-state index contributed by atoms with van der Waals surface area (Å²) in [7, 11) is 0. The Labute approximate surface area is 199 Å². The van der Waals surface area contributed by atoms with Gasteiger partial charge < -0.3 is 15.1 Å². The average molecular weight is 457 g/mol. The summed E-state index contributed by atoms with van der Waals surface area (Å²) >= 11 is 0. The summed E-state index contributed by atoms with van der Waals surface area (Å²) in [5, 5.41) is 12.9. The van der Waals surface area contributed by atoms with Crippen LogP contribution in [0.3, 0.4) is 0 Å². The van der Waals surface area contributed by atoms with Gasteiger partial charge in [0.2, 0.25) is 11.8 Å². The van der Waals surface area contributed by atoms with E-state index in [0.29, 0.717) is 12.0 Å². The lowest BCUT2D eigenvalue weighted by molar-refractivity contribution is -0.137. The first-order chi connectivity index (χ1) is 16.3. The summed E-state index contributed by atoms with van der Waals surface area (Å²) < 4.78 is 0. The minimum absolute atomic E-state index is 0.130. The molecule has 1 fully saturated rings. The van der Waals surface area contributed by atoms with Gasteiger partial charge in [-0.15, -0.1) is 0 Å². The van der Waals surface area contributed by atoms with Gasteiger partial charge in [0, 0.05) is 24.2 Å². The maximum Gasteiger partial charge on any atom is 0.255 e. The number of hydrogen-bond donors (Lipinski definition) is 1. The molecule has 1 N–H and O–H groups in total. The molecule has 1 saturated heterocycles. The van der Waals surface area contributed by atoms with E-state index in [-0.39, 0.29) is 42.6 Å². The molecule has 0 saturated carbocycles. The number of anilines is 1. The number of carbonyl (C=O) groups is 3. The third-order valence-corrected chi connectivity index (χ3v) is 7.52. The van der Waals surface area contributed by atoms with E-state index < -0.39 is 17.5 Å². The van der Waals surface area contributed by atoms with Crippen molar-refractivity contribution in [3.63, 3.8) is 0 Å². The van der Waals surface area contributed by atoms with Gasteiger partial charge in [0.05, 0.1) is 17.5 Å². The van der Waals surface area contributed by atoms with Crippen LogP contribution in [0.4, 0.5) is 5.69 Å². The number of likely N-dealkylation sites (tertiary alicyclic amines) is 1. The molecule has 1 unspecified atom stereocenters. The van der Waals surface area contributed by atoms with Gasteiger partial charge >= 0.3 is 0 Å². The molecule has 0 aromatic heterocycles. The predicted molar refractivity (Wildman–Crippen MR) is 127 cm³/mol. The van der Waals surface area contributed by atoms with Crippen molar-refractivity contribution in [3.05, 3.63) is 65.2 Å². The molecule has 2 aromatic rings. The monoisotopic (exact) mass is 456 g/mol. The predicted octanol–water partition coefficient (Wildman–Crippen LogP) is 3.63. The first-order valence-corrected chi connectivity index (χ1v) is 11.8. The second-order valence-electron chi connectivity index (χ2n) is 10.0. The number of amides is 3. The Morgan fingerprint density at radius 1 is 1.18 bits per heavy atom. The van der Waals surface area contributed by atoms with Crippen molar-refractivity contribution in [2.24, 2.45) is 5.92 Å². The van der Waals surface area contributed by atoms with Crippen molar-refractivity contribution in [3.8, 4) is 6.07 Å². The Morgan fingerprint density at radius 2 is 1.88 bits per heavy atom. The van der Waals surface area contributed by atoms with Crippen molar-refractivity contribution in [2.75, 3.05) is 11.9 Å². The number of nitriles is 1. The van der Waals surface area contributed by atoms with Crippen LogP contribution in [0.25, 0.3) is 0 Å². The Bertz CT molecular complexity index is 1230. The maximum absolute atomic E-state index is 14.1. The van der Waals surface area contributed by atoms with Gasteiger partial charge in [-0.1, -0.05) is 50.2 Å². The van der Waals surface area contributed by atoms with Gasteiger partial charge in [-0.3, -0.25) is 14.4 Å². The average Bonchev–Trinajstić information content (AvgIpc) is 3.43. The number of nitrogens with one attached hydrogen (secondary N) is 1. The molecule has 5 rings (SSSR count). The molecule has 34 heavy (non-hydrogen) atoms. The van der Waals surface area contributed by atoms with Crippen molar-refractivity contribution < 1.29 is 14.4 Å². The Morgan fingerprint density at radius 3 is 2.59 bits per heavy atom. The van der Waals surface area contributed by atoms with Crippen molar-refractivity contribution in [1.29, 1.82) is 5.26 Å². The lowest BCUT2D eigenvalue weighted by Crippen LogP contribution is -2.52. The molecule has 7 heteroatoms. The zero-order chi connectivity index (χ0) is 24.2. The Kier molecular flexibility index (Phi) is 5.20. The van der Waals surface area contributed by atoms with Crippen LogP contribution in [0.2, 0.25) is 0 Å². The van der Waals surface area contributed by atoms with E-state index in [1.165, 1.54) is 4.90 Å². The fourth-order valence-electron chi connectivity index (χ4n) is 5.89. The highest BCUT2D eigenvalue weighted by molar-refractivity contribution is 6.07. The second kappa shape index (κ2) is 7.98. The minimum Gasteiger partial charge on any atom is -0.325 e. The number of hydrogen-bond acceptors (Lipinski definition) is 4. The molecule has 3 amide bonds.